The summed E-state index contributed by atoms with van der Waals surface area (Å²) < 4.78 is 11.6. The van der Waals surface area contributed by atoms with E-state index >= 15 is 0 Å². The molecular weight excluding hydrogens is 584 g/mol. The first kappa shape index (κ1) is 28.2. The van der Waals surface area contributed by atoms with Crippen LogP contribution >= 0.6 is 0 Å². The molecule has 4 aromatic carbocycles. The molecule has 10 heteroatoms. The predicted octanol–water partition coefficient (Wildman–Crippen LogP) is 4.15. The van der Waals surface area contributed by atoms with Crippen LogP contribution in [-0.2, 0) is 19.2 Å². The second-order valence-corrected chi connectivity index (χ2v) is 11.8. The van der Waals surface area contributed by atoms with Crippen molar-refractivity contribution in [1.29, 1.82) is 0 Å². The zero-order valence-corrected chi connectivity index (χ0v) is 25.1. The molecule has 6 atom stereocenters. The molecule has 10 nitrogen and oxygen atoms in total. The van der Waals surface area contributed by atoms with Crippen LogP contribution < -0.4 is 19.3 Å². The Morgan fingerprint density at radius 2 is 0.783 bits per heavy atom. The molecule has 4 aliphatic heterocycles. The van der Waals surface area contributed by atoms with Crippen molar-refractivity contribution in [1.82, 2.24) is 10.0 Å². The van der Waals surface area contributed by atoms with Crippen LogP contribution in [0.15, 0.2) is 109 Å². The fourth-order valence-corrected chi connectivity index (χ4v) is 7.93. The minimum atomic E-state index is -0.992. The number of hydrogen-bond acceptors (Lipinski definition) is 8. The van der Waals surface area contributed by atoms with Crippen LogP contribution in [0.1, 0.15) is 23.2 Å². The third-order valence-corrected chi connectivity index (χ3v) is 9.67. The topological polar surface area (TPSA) is 99.7 Å². The van der Waals surface area contributed by atoms with Crippen molar-refractivity contribution in [3.63, 3.8) is 0 Å². The Balaban J connectivity index is 1.37. The summed E-state index contributed by atoms with van der Waals surface area (Å²) in [4.78, 5) is 60.7. The van der Waals surface area contributed by atoms with Gasteiger partial charge in [0.25, 0.3) is 11.8 Å². The smallest absolute Gasteiger partial charge is 0.253 e. The number of hydrazine groups is 1. The van der Waals surface area contributed by atoms with E-state index in [0.717, 1.165) is 0 Å². The van der Waals surface area contributed by atoms with E-state index in [1.54, 1.807) is 74.9 Å². The lowest BCUT2D eigenvalue weighted by molar-refractivity contribution is -0.136. The summed E-state index contributed by atoms with van der Waals surface area (Å²) in [7, 11) is 3.10. The first-order chi connectivity index (χ1) is 22.5. The molecule has 230 valence electrons. The normalized spacial score (nSPS) is 27.3. The predicted molar refractivity (Wildman–Crippen MR) is 168 cm³/mol. The van der Waals surface area contributed by atoms with Gasteiger partial charge in [-0.1, -0.05) is 72.8 Å². The fraction of sp³-hybridized carbons (Fsp3) is 0.222. The minimum Gasteiger partial charge on any atom is -0.496 e. The van der Waals surface area contributed by atoms with Crippen LogP contribution in [0.25, 0.3) is 0 Å². The van der Waals surface area contributed by atoms with Gasteiger partial charge in [0.15, 0.2) is 0 Å². The molecule has 0 radical (unpaired) electrons. The van der Waals surface area contributed by atoms with Crippen molar-refractivity contribution in [2.24, 2.45) is 11.8 Å². The van der Waals surface area contributed by atoms with Crippen molar-refractivity contribution < 1.29 is 28.7 Å². The van der Waals surface area contributed by atoms with E-state index in [-0.39, 0.29) is 11.8 Å². The fourth-order valence-electron chi connectivity index (χ4n) is 7.93. The summed E-state index contributed by atoms with van der Waals surface area (Å²) in [5.74, 6) is -2.34. The number of methoxy groups -OCH3 is 2. The van der Waals surface area contributed by atoms with Gasteiger partial charge in [0, 0.05) is 11.1 Å². The number of ether oxygens (including phenoxy) is 2. The van der Waals surface area contributed by atoms with Gasteiger partial charge in [-0.25, -0.2) is 19.8 Å². The molecule has 4 fully saturated rings. The lowest BCUT2D eigenvalue weighted by atomic mass is 9.83. The Morgan fingerprint density at radius 3 is 1.15 bits per heavy atom. The number of amides is 4. The van der Waals surface area contributed by atoms with Crippen LogP contribution in [0.3, 0.4) is 0 Å². The van der Waals surface area contributed by atoms with Crippen molar-refractivity contribution >= 4 is 35.0 Å². The molecule has 4 aliphatic rings. The van der Waals surface area contributed by atoms with Crippen molar-refractivity contribution in [2.75, 3.05) is 24.0 Å². The Morgan fingerprint density at radius 1 is 0.435 bits per heavy atom. The third kappa shape index (κ3) is 3.77. The lowest BCUT2D eigenvalue weighted by Crippen LogP contribution is -2.50. The van der Waals surface area contributed by atoms with E-state index in [0.29, 0.717) is 34.0 Å². The van der Waals surface area contributed by atoms with Crippen molar-refractivity contribution in [3.05, 3.63) is 120 Å². The molecular formula is C36H30N4O6. The molecule has 4 saturated heterocycles. The molecule has 0 aliphatic carbocycles. The zero-order chi connectivity index (χ0) is 31.7. The number of nitrogens with zero attached hydrogens (tertiary/aromatic N) is 4. The Bertz CT molecular complexity index is 1750. The number of carbonyl (C=O) groups excluding carboxylic acids is 4. The number of anilines is 2. The number of carbonyl (C=O) groups is 4. The van der Waals surface area contributed by atoms with E-state index in [1.807, 2.05) is 58.5 Å². The highest BCUT2D eigenvalue weighted by molar-refractivity contribution is 6.26. The van der Waals surface area contributed by atoms with Gasteiger partial charge in [0.05, 0.1) is 49.5 Å². The monoisotopic (exact) mass is 614 g/mol. The van der Waals surface area contributed by atoms with Gasteiger partial charge in [0.2, 0.25) is 11.8 Å². The summed E-state index contributed by atoms with van der Waals surface area (Å²) >= 11 is 0. The summed E-state index contributed by atoms with van der Waals surface area (Å²) in [6.45, 7) is 0. The summed E-state index contributed by atoms with van der Waals surface area (Å²) in [6, 6.07) is 28.8. The summed E-state index contributed by atoms with van der Waals surface area (Å²) in [5.41, 5.74) is 2.23. The lowest BCUT2D eigenvalue weighted by Gasteiger charge is -2.36. The van der Waals surface area contributed by atoms with Crippen LogP contribution in [0.4, 0.5) is 11.4 Å². The maximum absolute atomic E-state index is 14.6. The second-order valence-electron chi connectivity index (χ2n) is 11.8. The van der Waals surface area contributed by atoms with Gasteiger partial charge in [-0.05, 0) is 36.4 Å². The molecule has 0 unspecified atom stereocenters. The molecule has 4 heterocycles. The van der Waals surface area contributed by atoms with Gasteiger partial charge in [0.1, 0.15) is 23.6 Å². The summed E-state index contributed by atoms with van der Waals surface area (Å²) in [6.07, 6.45) is 0. The SMILES string of the molecule is COc1ccccc1[C@@H]1[C@H]2C(=O)N(c3ccccc3)C(=O)[C@H]2N2[C@@H](c3ccccc3OC)[C@H]3C(=O)N(c4ccccc4)C(=O)[C@@H]3N12. The third-order valence-electron chi connectivity index (χ3n) is 9.67. The molecule has 4 amide bonds. The molecule has 0 saturated carbocycles. The van der Waals surface area contributed by atoms with E-state index < -0.39 is 47.8 Å². The van der Waals surface area contributed by atoms with Crippen LogP contribution in [0.5, 0.6) is 11.5 Å². The average molecular weight is 615 g/mol. The highest BCUT2D eigenvalue weighted by Gasteiger charge is 2.74. The zero-order valence-electron chi connectivity index (χ0n) is 25.1. The Hall–Kier alpha value is -5.32. The number of imide groups is 2. The number of benzene rings is 4. The van der Waals surface area contributed by atoms with Gasteiger partial charge in [-0.3, -0.25) is 19.2 Å². The van der Waals surface area contributed by atoms with Gasteiger partial charge in [-0.15, -0.1) is 0 Å². The van der Waals surface area contributed by atoms with Crippen molar-refractivity contribution in [2.45, 2.75) is 24.2 Å². The molecule has 46 heavy (non-hydrogen) atoms. The highest BCUT2D eigenvalue weighted by atomic mass is 16.5. The second kappa shape index (κ2) is 10.6. The minimum absolute atomic E-state index is 0.376. The number of rotatable bonds is 6. The van der Waals surface area contributed by atoms with Gasteiger partial charge < -0.3 is 9.47 Å². The summed E-state index contributed by atoms with van der Waals surface area (Å²) in [5, 5.41) is 3.66. The van der Waals surface area contributed by atoms with E-state index in [1.165, 1.54) is 9.80 Å². The Labute approximate surface area is 265 Å². The Kier molecular flexibility index (Phi) is 6.52. The largest absolute Gasteiger partial charge is 0.496 e. The maximum atomic E-state index is 14.6. The molecule has 0 aromatic heterocycles. The first-order valence-corrected chi connectivity index (χ1v) is 15.2. The van der Waals surface area contributed by atoms with Crippen LogP contribution in [0.2, 0.25) is 0 Å². The average Bonchev–Trinajstić information content (AvgIpc) is 3.76. The van der Waals surface area contributed by atoms with E-state index in [2.05, 4.69) is 0 Å². The molecule has 0 N–H and O–H groups in total. The highest BCUT2D eigenvalue weighted by Crippen LogP contribution is 2.61. The number of hydrogen-bond donors (Lipinski definition) is 0. The van der Waals surface area contributed by atoms with E-state index in [9.17, 15) is 19.2 Å². The van der Waals surface area contributed by atoms with Crippen LogP contribution in [0, 0.1) is 11.8 Å². The number of para-hydroxylation sites is 4. The van der Waals surface area contributed by atoms with Gasteiger partial charge in [-0.2, -0.15) is 0 Å². The molecule has 4 aromatic rings. The number of fused-ring (bicyclic) bond motifs is 5. The van der Waals surface area contributed by atoms with Crippen molar-refractivity contribution in [3.8, 4) is 11.5 Å². The first-order valence-electron chi connectivity index (χ1n) is 15.2. The molecule has 0 spiro atoms. The molecule has 8 rings (SSSR count). The van der Waals surface area contributed by atoms with Crippen LogP contribution in [-0.4, -0.2) is 59.9 Å². The standard InChI is InChI=1S/C36H30N4O6/c1-45-25-19-11-9-17-23(25)29-27-31(35(43)37(33(27)41)21-13-5-3-6-14-21)40-30(24-18-10-12-20-26(24)46-2)28-32(39(29)40)36(44)38(34(28)42)22-15-7-4-8-16-22/h3-20,27-32H,1-2H3/t27-,28-,29-,30+,31+,32-/m1/s1. The molecule has 0 bridgehead atoms. The van der Waals surface area contributed by atoms with E-state index in [4.69, 9.17) is 9.47 Å². The van der Waals surface area contributed by atoms with Gasteiger partial charge >= 0.3 is 0 Å². The maximum Gasteiger partial charge on any atom is 0.253 e. The quantitative estimate of drug-likeness (QED) is 0.299.